The van der Waals surface area contributed by atoms with Crippen molar-refractivity contribution in [1.82, 2.24) is 9.97 Å². The minimum Gasteiger partial charge on any atom is -0.475 e. The molecule has 124 valence electrons. The van der Waals surface area contributed by atoms with E-state index in [0.717, 1.165) is 15.8 Å². The number of nitrogens with one attached hydrogen (secondary N) is 1. The van der Waals surface area contributed by atoms with E-state index < -0.39 is 0 Å². The van der Waals surface area contributed by atoms with Crippen LogP contribution in [0.1, 0.15) is 15.9 Å². The van der Waals surface area contributed by atoms with Crippen molar-refractivity contribution in [3.63, 3.8) is 0 Å². The van der Waals surface area contributed by atoms with E-state index in [1.54, 1.807) is 25.4 Å². The molecule has 0 spiro atoms. The van der Waals surface area contributed by atoms with Gasteiger partial charge in [0.25, 0.3) is 5.91 Å². The smallest absolute Gasteiger partial charge is 0.257 e. The fourth-order valence-corrected chi connectivity index (χ4v) is 3.07. The largest absolute Gasteiger partial charge is 0.475 e. The topological polar surface area (TPSA) is 73.3 Å². The normalized spacial score (nSPS) is 10.8. The zero-order valence-corrected chi connectivity index (χ0v) is 14.2. The van der Waals surface area contributed by atoms with Crippen molar-refractivity contribution >= 4 is 32.6 Å². The van der Waals surface area contributed by atoms with E-state index in [0.29, 0.717) is 29.8 Å². The highest BCUT2D eigenvalue weighted by Gasteiger charge is 2.11. The summed E-state index contributed by atoms with van der Waals surface area (Å²) in [6, 6.07) is 9.24. The molecule has 0 atom stereocenters. The quantitative estimate of drug-likeness (QED) is 0.695. The van der Waals surface area contributed by atoms with Crippen molar-refractivity contribution in [1.29, 1.82) is 0 Å². The molecule has 1 amide bonds. The predicted octanol–water partition coefficient (Wildman–Crippen LogP) is 3.28. The highest BCUT2D eigenvalue weighted by Crippen LogP contribution is 2.27. The first-order chi connectivity index (χ1) is 11.7. The number of amides is 1. The number of carbonyl (C=O) groups excluding carboxylic acids is 1. The number of rotatable bonds is 6. The summed E-state index contributed by atoms with van der Waals surface area (Å²) in [7, 11) is 1.60. The fourth-order valence-electron chi connectivity index (χ4n) is 2.11. The van der Waals surface area contributed by atoms with E-state index in [2.05, 4.69) is 21.4 Å². The number of fused-ring (bicyclic) bond motifs is 1. The Bertz CT molecular complexity index is 863. The minimum absolute atomic E-state index is 0.246. The van der Waals surface area contributed by atoms with E-state index in [9.17, 15) is 4.79 Å². The maximum absolute atomic E-state index is 12.4. The van der Waals surface area contributed by atoms with Crippen LogP contribution in [0.5, 0.6) is 5.88 Å². The predicted molar refractivity (Wildman–Crippen MR) is 93.9 cm³/mol. The van der Waals surface area contributed by atoms with Crippen LogP contribution >= 0.6 is 11.3 Å². The molecule has 1 N–H and O–H groups in total. The number of benzene rings is 1. The van der Waals surface area contributed by atoms with Gasteiger partial charge in [-0.1, -0.05) is 17.4 Å². The molecule has 3 aromatic rings. The molecule has 3 rings (SSSR count). The van der Waals surface area contributed by atoms with Crippen LogP contribution in [0, 0.1) is 6.92 Å². The van der Waals surface area contributed by atoms with Crippen LogP contribution in [-0.2, 0) is 4.74 Å². The second kappa shape index (κ2) is 7.37. The van der Waals surface area contributed by atoms with Crippen LogP contribution in [0.3, 0.4) is 0 Å². The van der Waals surface area contributed by atoms with E-state index >= 15 is 0 Å². The van der Waals surface area contributed by atoms with Gasteiger partial charge in [-0.25, -0.2) is 9.97 Å². The molecule has 0 saturated heterocycles. The van der Waals surface area contributed by atoms with Crippen LogP contribution in [0.25, 0.3) is 10.2 Å². The number of thiazole rings is 1. The molecule has 0 saturated carbocycles. The molecule has 1 aromatic carbocycles. The fraction of sp³-hybridized carbons (Fsp3) is 0.235. The number of aryl methyl sites for hydroxylation is 1. The van der Waals surface area contributed by atoms with Crippen LogP contribution < -0.4 is 10.1 Å². The van der Waals surface area contributed by atoms with Crippen LogP contribution in [0.4, 0.5) is 5.13 Å². The summed E-state index contributed by atoms with van der Waals surface area (Å²) in [4.78, 5) is 20.9. The number of nitrogens with zero attached hydrogens (tertiary/aromatic N) is 2. The maximum Gasteiger partial charge on any atom is 0.257 e. The van der Waals surface area contributed by atoms with Gasteiger partial charge in [0.15, 0.2) is 5.13 Å². The molecule has 0 aliphatic carbocycles. The van der Waals surface area contributed by atoms with Gasteiger partial charge >= 0.3 is 0 Å². The number of carbonyl (C=O) groups is 1. The first-order valence-electron chi connectivity index (χ1n) is 7.42. The SMILES string of the molecule is COCCOc1cc(C(=O)Nc2nc3ccc(C)cc3s2)ccn1. The Hall–Kier alpha value is -2.51. The Morgan fingerprint density at radius 1 is 1.25 bits per heavy atom. The maximum atomic E-state index is 12.4. The molecular weight excluding hydrogens is 326 g/mol. The third-order valence-corrected chi connectivity index (χ3v) is 4.23. The average Bonchev–Trinajstić information content (AvgIpc) is 2.96. The molecule has 2 heterocycles. The zero-order valence-electron chi connectivity index (χ0n) is 13.4. The lowest BCUT2D eigenvalue weighted by molar-refractivity contribution is 0.102. The molecule has 2 aromatic heterocycles. The summed E-state index contributed by atoms with van der Waals surface area (Å²) in [5.74, 6) is 0.143. The van der Waals surface area contributed by atoms with Gasteiger partial charge in [0, 0.05) is 24.9 Å². The Labute approximate surface area is 143 Å². The number of ether oxygens (including phenoxy) is 2. The Kier molecular flexibility index (Phi) is 5.02. The van der Waals surface area contributed by atoms with E-state index in [1.807, 2.05) is 19.1 Å². The number of methoxy groups -OCH3 is 1. The first kappa shape index (κ1) is 16.4. The molecule has 0 fully saturated rings. The van der Waals surface area contributed by atoms with Gasteiger partial charge in [-0.05, 0) is 30.7 Å². The van der Waals surface area contributed by atoms with Crippen molar-refractivity contribution in [3.05, 3.63) is 47.7 Å². The summed E-state index contributed by atoms with van der Waals surface area (Å²) in [5, 5.41) is 3.39. The molecule has 6 nitrogen and oxygen atoms in total. The molecule has 0 unspecified atom stereocenters. The molecule has 0 radical (unpaired) electrons. The third kappa shape index (κ3) is 3.87. The number of anilines is 1. The molecule has 0 aliphatic rings. The van der Waals surface area contributed by atoms with Crippen LogP contribution in [-0.4, -0.2) is 36.2 Å². The number of hydrogen-bond donors (Lipinski definition) is 1. The lowest BCUT2D eigenvalue weighted by atomic mass is 10.2. The summed E-state index contributed by atoms with van der Waals surface area (Å²) in [6.45, 7) is 2.87. The van der Waals surface area contributed by atoms with Gasteiger partial charge in [0.05, 0.1) is 16.8 Å². The molecule has 7 heteroatoms. The van der Waals surface area contributed by atoms with E-state index in [4.69, 9.17) is 9.47 Å². The average molecular weight is 343 g/mol. The lowest BCUT2D eigenvalue weighted by Crippen LogP contribution is -2.12. The van der Waals surface area contributed by atoms with Gasteiger partial charge in [-0.3, -0.25) is 10.1 Å². The third-order valence-electron chi connectivity index (χ3n) is 3.30. The van der Waals surface area contributed by atoms with E-state index in [-0.39, 0.29) is 5.91 Å². The van der Waals surface area contributed by atoms with Crippen molar-refractivity contribution in [3.8, 4) is 5.88 Å². The summed E-state index contributed by atoms with van der Waals surface area (Å²) in [6.07, 6.45) is 1.54. The van der Waals surface area contributed by atoms with Crippen molar-refractivity contribution in [2.75, 3.05) is 25.6 Å². The summed E-state index contributed by atoms with van der Waals surface area (Å²) < 4.78 is 11.4. The Morgan fingerprint density at radius 3 is 2.96 bits per heavy atom. The van der Waals surface area contributed by atoms with Gasteiger partial charge in [-0.15, -0.1) is 0 Å². The number of pyridine rings is 1. The van der Waals surface area contributed by atoms with Gasteiger partial charge < -0.3 is 9.47 Å². The highest BCUT2D eigenvalue weighted by molar-refractivity contribution is 7.22. The van der Waals surface area contributed by atoms with Gasteiger partial charge in [0.1, 0.15) is 6.61 Å². The number of hydrogen-bond acceptors (Lipinski definition) is 6. The monoisotopic (exact) mass is 343 g/mol. The standard InChI is InChI=1S/C17H17N3O3S/c1-11-3-4-13-14(9-11)24-17(19-13)20-16(21)12-5-6-18-15(10-12)23-8-7-22-2/h3-6,9-10H,7-8H2,1-2H3,(H,19,20,21). The minimum atomic E-state index is -0.246. The van der Waals surface area contributed by atoms with Crippen LogP contribution in [0.2, 0.25) is 0 Å². The van der Waals surface area contributed by atoms with Gasteiger partial charge in [-0.2, -0.15) is 0 Å². The van der Waals surface area contributed by atoms with Crippen molar-refractivity contribution in [2.24, 2.45) is 0 Å². The van der Waals surface area contributed by atoms with Crippen molar-refractivity contribution in [2.45, 2.75) is 6.92 Å². The molecule has 0 aliphatic heterocycles. The second-order valence-electron chi connectivity index (χ2n) is 5.17. The number of aromatic nitrogens is 2. The summed E-state index contributed by atoms with van der Waals surface area (Å²) in [5.41, 5.74) is 2.50. The molecular formula is C17H17N3O3S. The first-order valence-corrected chi connectivity index (χ1v) is 8.24. The summed E-state index contributed by atoms with van der Waals surface area (Å²) >= 11 is 1.45. The highest BCUT2D eigenvalue weighted by atomic mass is 32.1. The van der Waals surface area contributed by atoms with Crippen LogP contribution in [0.15, 0.2) is 36.5 Å². The van der Waals surface area contributed by atoms with Crippen molar-refractivity contribution < 1.29 is 14.3 Å². The Balaban J connectivity index is 1.72. The molecule has 24 heavy (non-hydrogen) atoms. The zero-order chi connectivity index (χ0) is 16.9. The second-order valence-corrected chi connectivity index (χ2v) is 6.20. The molecule has 0 bridgehead atoms. The van der Waals surface area contributed by atoms with Gasteiger partial charge in [0.2, 0.25) is 5.88 Å². The Morgan fingerprint density at radius 2 is 2.12 bits per heavy atom. The van der Waals surface area contributed by atoms with E-state index in [1.165, 1.54) is 11.3 Å². The lowest BCUT2D eigenvalue weighted by Gasteiger charge is -2.06.